The Morgan fingerprint density at radius 2 is 1.61 bits per heavy atom. The standard InChI is InChI=1S/C16H27NO/c1-4-7-8-9-16(18)14-10-12-15(13-11-14)17(5-2)6-3/h10-13,16,18H,4-9H2,1-3H3. The Labute approximate surface area is 112 Å². The molecule has 102 valence electrons. The van der Waals surface area contributed by atoms with Crippen molar-refractivity contribution in [1.29, 1.82) is 0 Å². The van der Waals surface area contributed by atoms with E-state index < -0.39 is 0 Å². The van der Waals surface area contributed by atoms with Crippen LogP contribution in [0.5, 0.6) is 0 Å². The van der Waals surface area contributed by atoms with Crippen molar-refractivity contribution in [3.63, 3.8) is 0 Å². The second-order valence-corrected chi connectivity index (χ2v) is 4.78. The van der Waals surface area contributed by atoms with Crippen molar-refractivity contribution in [3.05, 3.63) is 29.8 Å². The van der Waals surface area contributed by atoms with E-state index in [-0.39, 0.29) is 6.10 Å². The summed E-state index contributed by atoms with van der Waals surface area (Å²) in [6, 6.07) is 8.35. The van der Waals surface area contributed by atoms with Crippen LogP contribution < -0.4 is 4.90 Å². The Balaban J connectivity index is 2.58. The normalized spacial score (nSPS) is 12.4. The van der Waals surface area contributed by atoms with Crippen molar-refractivity contribution >= 4 is 5.69 Å². The van der Waals surface area contributed by atoms with E-state index in [1.807, 2.05) is 0 Å². The lowest BCUT2D eigenvalue weighted by Gasteiger charge is -2.21. The van der Waals surface area contributed by atoms with E-state index in [1.54, 1.807) is 0 Å². The van der Waals surface area contributed by atoms with Crippen molar-refractivity contribution in [2.24, 2.45) is 0 Å². The molecule has 0 fully saturated rings. The molecule has 0 bridgehead atoms. The number of aliphatic hydroxyl groups excluding tert-OH is 1. The van der Waals surface area contributed by atoms with Crippen LogP contribution in [0.2, 0.25) is 0 Å². The first-order chi connectivity index (χ1) is 8.72. The first kappa shape index (κ1) is 15.0. The number of aliphatic hydroxyl groups is 1. The van der Waals surface area contributed by atoms with Gasteiger partial charge in [-0.15, -0.1) is 0 Å². The van der Waals surface area contributed by atoms with E-state index in [1.165, 1.54) is 18.5 Å². The topological polar surface area (TPSA) is 23.5 Å². The number of benzene rings is 1. The lowest BCUT2D eigenvalue weighted by Crippen LogP contribution is -2.21. The van der Waals surface area contributed by atoms with Gasteiger partial charge < -0.3 is 10.0 Å². The average molecular weight is 249 g/mol. The maximum atomic E-state index is 10.1. The second kappa shape index (κ2) is 8.15. The Hall–Kier alpha value is -1.02. The minimum atomic E-state index is -0.303. The summed E-state index contributed by atoms with van der Waals surface area (Å²) >= 11 is 0. The fourth-order valence-corrected chi connectivity index (χ4v) is 2.25. The Bertz CT molecular complexity index is 316. The van der Waals surface area contributed by atoms with E-state index in [9.17, 15) is 5.11 Å². The van der Waals surface area contributed by atoms with Crippen LogP contribution in [0, 0.1) is 0 Å². The molecular weight excluding hydrogens is 222 g/mol. The zero-order chi connectivity index (χ0) is 13.4. The molecule has 0 spiro atoms. The van der Waals surface area contributed by atoms with Crippen LogP contribution in [0.4, 0.5) is 5.69 Å². The van der Waals surface area contributed by atoms with Crippen molar-refractivity contribution in [2.75, 3.05) is 18.0 Å². The van der Waals surface area contributed by atoms with Gasteiger partial charge in [-0.1, -0.05) is 38.3 Å². The van der Waals surface area contributed by atoms with Gasteiger partial charge in [0.15, 0.2) is 0 Å². The molecule has 1 N–H and O–H groups in total. The maximum absolute atomic E-state index is 10.1. The fourth-order valence-electron chi connectivity index (χ4n) is 2.25. The van der Waals surface area contributed by atoms with Gasteiger partial charge in [0.1, 0.15) is 0 Å². The van der Waals surface area contributed by atoms with Crippen LogP contribution in [-0.4, -0.2) is 18.2 Å². The molecule has 2 heteroatoms. The fraction of sp³-hybridized carbons (Fsp3) is 0.625. The lowest BCUT2D eigenvalue weighted by molar-refractivity contribution is 0.163. The predicted molar refractivity (Wildman–Crippen MR) is 79.1 cm³/mol. The van der Waals surface area contributed by atoms with Crippen molar-refractivity contribution in [3.8, 4) is 0 Å². The number of hydrogen-bond acceptors (Lipinski definition) is 2. The third-order valence-corrected chi connectivity index (χ3v) is 3.49. The van der Waals surface area contributed by atoms with E-state index in [2.05, 4.69) is 49.9 Å². The number of rotatable bonds is 8. The smallest absolute Gasteiger partial charge is 0.0790 e. The predicted octanol–water partition coefficient (Wildman–Crippen LogP) is 4.15. The molecule has 2 nitrogen and oxygen atoms in total. The average Bonchev–Trinajstić information content (AvgIpc) is 2.41. The van der Waals surface area contributed by atoms with Crippen molar-refractivity contribution in [1.82, 2.24) is 0 Å². The molecule has 0 radical (unpaired) electrons. The van der Waals surface area contributed by atoms with Crippen LogP contribution in [0.15, 0.2) is 24.3 Å². The third kappa shape index (κ3) is 4.34. The lowest BCUT2D eigenvalue weighted by atomic mass is 10.0. The van der Waals surface area contributed by atoms with Gasteiger partial charge in [-0.25, -0.2) is 0 Å². The minimum Gasteiger partial charge on any atom is -0.388 e. The third-order valence-electron chi connectivity index (χ3n) is 3.49. The number of nitrogens with zero attached hydrogens (tertiary/aromatic N) is 1. The molecule has 0 saturated carbocycles. The second-order valence-electron chi connectivity index (χ2n) is 4.78. The summed E-state index contributed by atoms with van der Waals surface area (Å²) in [5, 5.41) is 10.1. The molecule has 0 aliphatic carbocycles. The summed E-state index contributed by atoms with van der Waals surface area (Å²) in [6.07, 6.45) is 4.08. The highest BCUT2D eigenvalue weighted by molar-refractivity contribution is 5.47. The molecule has 18 heavy (non-hydrogen) atoms. The summed E-state index contributed by atoms with van der Waals surface area (Å²) in [6.45, 7) is 8.56. The van der Waals surface area contributed by atoms with E-state index in [0.29, 0.717) is 0 Å². The molecule has 1 aromatic rings. The molecule has 0 aliphatic rings. The molecule has 0 saturated heterocycles. The van der Waals surface area contributed by atoms with Gasteiger partial charge >= 0.3 is 0 Å². The number of anilines is 1. The zero-order valence-electron chi connectivity index (χ0n) is 12.0. The number of unbranched alkanes of at least 4 members (excludes halogenated alkanes) is 2. The van der Waals surface area contributed by atoms with Gasteiger partial charge in [0, 0.05) is 18.8 Å². The molecule has 1 aromatic carbocycles. The Morgan fingerprint density at radius 3 is 2.11 bits per heavy atom. The van der Waals surface area contributed by atoms with E-state index >= 15 is 0 Å². The highest BCUT2D eigenvalue weighted by atomic mass is 16.3. The number of hydrogen-bond donors (Lipinski definition) is 1. The highest BCUT2D eigenvalue weighted by Gasteiger charge is 2.08. The molecule has 1 atom stereocenters. The molecule has 0 heterocycles. The van der Waals surface area contributed by atoms with Gasteiger partial charge in [0.05, 0.1) is 6.10 Å². The summed E-state index contributed by atoms with van der Waals surface area (Å²) in [4.78, 5) is 2.31. The molecule has 0 amide bonds. The van der Waals surface area contributed by atoms with E-state index in [0.717, 1.165) is 31.5 Å². The summed E-state index contributed by atoms with van der Waals surface area (Å²) in [5.41, 5.74) is 2.28. The highest BCUT2D eigenvalue weighted by Crippen LogP contribution is 2.22. The van der Waals surface area contributed by atoms with Crippen molar-refractivity contribution in [2.45, 2.75) is 52.6 Å². The summed E-state index contributed by atoms with van der Waals surface area (Å²) in [5.74, 6) is 0. The largest absolute Gasteiger partial charge is 0.388 e. The minimum absolute atomic E-state index is 0.303. The quantitative estimate of drug-likeness (QED) is 0.700. The zero-order valence-corrected chi connectivity index (χ0v) is 12.0. The first-order valence-electron chi connectivity index (χ1n) is 7.25. The van der Waals surface area contributed by atoms with Crippen LogP contribution in [0.25, 0.3) is 0 Å². The van der Waals surface area contributed by atoms with Gasteiger partial charge in [0.2, 0.25) is 0 Å². The van der Waals surface area contributed by atoms with Gasteiger partial charge in [-0.3, -0.25) is 0 Å². The molecule has 1 rings (SSSR count). The monoisotopic (exact) mass is 249 g/mol. The van der Waals surface area contributed by atoms with Crippen LogP contribution in [0.1, 0.15) is 58.1 Å². The van der Waals surface area contributed by atoms with E-state index in [4.69, 9.17) is 0 Å². The summed E-state index contributed by atoms with van der Waals surface area (Å²) in [7, 11) is 0. The van der Waals surface area contributed by atoms with Crippen molar-refractivity contribution < 1.29 is 5.11 Å². The van der Waals surface area contributed by atoms with Gasteiger partial charge in [-0.05, 0) is 38.0 Å². The first-order valence-corrected chi connectivity index (χ1v) is 7.25. The molecule has 1 unspecified atom stereocenters. The van der Waals surface area contributed by atoms with Gasteiger partial charge in [-0.2, -0.15) is 0 Å². The molecule has 0 aliphatic heterocycles. The van der Waals surface area contributed by atoms with Gasteiger partial charge in [0.25, 0.3) is 0 Å². The molecule has 0 aromatic heterocycles. The van der Waals surface area contributed by atoms with Crippen LogP contribution >= 0.6 is 0 Å². The summed E-state index contributed by atoms with van der Waals surface area (Å²) < 4.78 is 0. The molecular formula is C16H27NO. The Morgan fingerprint density at radius 1 is 1.00 bits per heavy atom. The maximum Gasteiger partial charge on any atom is 0.0790 e. The van der Waals surface area contributed by atoms with Crippen LogP contribution in [0.3, 0.4) is 0 Å². The Kier molecular flexibility index (Phi) is 6.81. The SMILES string of the molecule is CCCCCC(O)c1ccc(N(CC)CC)cc1. The van der Waals surface area contributed by atoms with Crippen LogP contribution in [-0.2, 0) is 0 Å².